The lowest BCUT2D eigenvalue weighted by molar-refractivity contribution is 0.506. The number of hydrogen-bond acceptors (Lipinski definition) is 2. The number of pyridine rings is 1. The summed E-state index contributed by atoms with van der Waals surface area (Å²) in [5.41, 5.74) is 10.8. The predicted octanol–water partition coefficient (Wildman–Crippen LogP) is 4.33. The Morgan fingerprint density at radius 1 is 1.16 bits per heavy atom. The zero-order chi connectivity index (χ0) is 14.0. The van der Waals surface area contributed by atoms with Gasteiger partial charge >= 0.3 is 0 Å². The number of benzene rings is 1. The van der Waals surface area contributed by atoms with E-state index in [0.29, 0.717) is 5.82 Å². The maximum Gasteiger partial charge on any atom is 0.123 e. The first-order valence-corrected chi connectivity index (χ1v) is 6.77. The molecule has 1 aromatic carbocycles. The van der Waals surface area contributed by atoms with E-state index >= 15 is 0 Å². The molecule has 0 saturated heterocycles. The number of nitrogens with zero attached hydrogens (tertiary/aromatic N) is 1. The van der Waals surface area contributed by atoms with Crippen molar-refractivity contribution in [3.63, 3.8) is 0 Å². The molecule has 0 aliphatic rings. The number of hydrogen-bond donors (Lipinski definition) is 1. The fourth-order valence-corrected chi connectivity index (χ4v) is 2.19. The topological polar surface area (TPSA) is 38.9 Å². The molecule has 100 valence electrons. The molecule has 0 fully saturated rings. The third kappa shape index (κ3) is 2.78. The molecule has 0 atom stereocenters. The van der Waals surface area contributed by atoms with Crippen LogP contribution in [-0.2, 0) is 5.41 Å². The zero-order valence-electron chi connectivity index (χ0n) is 12.2. The Kier molecular flexibility index (Phi) is 3.61. The summed E-state index contributed by atoms with van der Waals surface area (Å²) in [5.74, 6) is 0.574. The maximum absolute atomic E-state index is 5.69. The van der Waals surface area contributed by atoms with Crippen molar-refractivity contribution in [1.82, 2.24) is 4.98 Å². The highest BCUT2D eigenvalue weighted by Gasteiger charge is 2.17. The van der Waals surface area contributed by atoms with Gasteiger partial charge in [-0.3, -0.25) is 0 Å². The molecule has 0 bridgehead atoms. The Balaban J connectivity index is 2.38. The van der Waals surface area contributed by atoms with Crippen LogP contribution in [0.15, 0.2) is 36.5 Å². The van der Waals surface area contributed by atoms with E-state index in [9.17, 15) is 0 Å². The van der Waals surface area contributed by atoms with E-state index in [2.05, 4.69) is 56.9 Å². The van der Waals surface area contributed by atoms with Crippen molar-refractivity contribution >= 4 is 5.82 Å². The summed E-state index contributed by atoms with van der Waals surface area (Å²) in [6.07, 6.45) is 2.99. The Bertz CT molecular complexity index is 568. The van der Waals surface area contributed by atoms with Crippen molar-refractivity contribution in [3.05, 3.63) is 47.7 Å². The molecule has 0 amide bonds. The summed E-state index contributed by atoms with van der Waals surface area (Å²) in [7, 11) is 0. The average Bonchev–Trinajstić information content (AvgIpc) is 2.39. The third-order valence-corrected chi connectivity index (χ3v) is 3.99. The molecular weight excluding hydrogens is 232 g/mol. The Morgan fingerprint density at radius 2 is 1.79 bits per heavy atom. The van der Waals surface area contributed by atoms with Gasteiger partial charge in [0, 0.05) is 11.8 Å². The standard InChI is InChI=1S/C17H22N2/c1-5-17(3,4)14-8-6-13(7-9-14)15-11-19-16(18)10-12(15)2/h6-11H,5H2,1-4H3,(H2,18,19). The van der Waals surface area contributed by atoms with Crippen molar-refractivity contribution in [1.29, 1.82) is 0 Å². The highest BCUT2D eigenvalue weighted by Crippen LogP contribution is 2.30. The van der Waals surface area contributed by atoms with Gasteiger partial charge in [0.15, 0.2) is 0 Å². The molecule has 0 spiro atoms. The van der Waals surface area contributed by atoms with Crippen LogP contribution in [0.1, 0.15) is 38.3 Å². The van der Waals surface area contributed by atoms with Crippen LogP contribution in [0.3, 0.4) is 0 Å². The molecule has 1 heterocycles. The molecule has 0 aliphatic carbocycles. The summed E-state index contributed by atoms with van der Waals surface area (Å²) in [6.45, 7) is 8.84. The molecule has 19 heavy (non-hydrogen) atoms. The Hall–Kier alpha value is -1.83. The van der Waals surface area contributed by atoms with E-state index in [1.807, 2.05) is 12.3 Å². The molecule has 0 aliphatic heterocycles. The summed E-state index contributed by atoms with van der Waals surface area (Å²) in [6, 6.07) is 10.7. The van der Waals surface area contributed by atoms with Crippen LogP contribution >= 0.6 is 0 Å². The molecule has 0 saturated carbocycles. The van der Waals surface area contributed by atoms with Crippen LogP contribution in [-0.4, -0.2) is 4.98 Å². The van der Waals surface area contributed by atoms with Crippen LogP contribution < -0.4 is 5.73 Å². The average molecular weight is 254 g/mol. The van der Waals surface area contributed by atoms with E-state index in [-0.39, 0.29) is 5.41 Å². The maximum atomic E-state index is 5.69. The molecule has 2 heteroatoms. The van der Waals surface area contributed by atoms with Crippen LogP contribution in [0.2, 0.25) is 0 Å². The van der Waals surface area contributed by atoms with Gasteiger partial charge in [0.2, 0.25) is 0 Å². The fourth-order valence-electron chi connectivity index (χ4n) is 2.19. The number of nitrogens with two attached hydrogens (primary N) is 1. The van der Waals surface area contributed by atoms with Crippen LogP contribution in [0, 0.1) is 6.92 Å². The second-order valence-electron chi connectivity index (χ2n) is 5.74. The van der Waals surface area contributed by atoms with Gasteiger partial charge in [-0.25, -0.2) is 4.98 Å². The monoisotopic (exact) mass is 254 g/mol. The number of rotatable bonds is 3. The molecule has 2 aromatic rings. The third-order valence-electron chi connectivity index (χ3n) is 3.99. The van der Waals surface area contributed by atoms with Gasteiger partial charge in [0.25, 0.3) is 0 Å². The minimum absolute atomic E-state index is 0.229. The van der Waals surface area contributed by atoms with Crippen LogP contribution in [0.25, 0.3) is 11.1 Å². The molecule has 2 N–H and O–H groups in total. The van der Waals surface area contributed by atoms with Gasteiger partial charge in [-0.2, -0.15) is 0 Å². The van der Waals surface area contributed by atoms with Gasteiger partial charge in [-0.1, -0.05) is 45.0 Å². The van der Waals surface area contributed by atoms with E-state index in [0.717, 1.165) is 17.5 Å². The number of nitrogen functional groups attached to an aromatic ring is 1. The van der Waals surface area contributed by atoms with Crippen LogP contribution in [0.4, 0.5) is 5.82 Å². The van der Waals surface area contributed by atoms with Gasteiger partial charge in [-0.05, 0) is 41.5 Å². The Morgan fingerprint density at radius 3 is 2.32 bits per heavy atom. The minimum atomic E-state index is 0.229. The summed E-state index contributed by atoms with van der Waals surface area (Å²) >= 11 is 0. The highest BCUT2D eigenvalue weighted by molar-refractivity contribution is 5.67. The summed E-state index contributed by atoms with van der Waals surface area (Å²) < 4.78 is 0. The van der Waals surface area contributed by atoms with Crippen molar-refractivity contribution in [2.75, 3.05) is 5.73 Å². The largest absolute Gasteiger partial charge is 0.384 e. The lowest BCUT2D eigenvalue weighted by atomic mass is 9.82. The molecule has 2 rings (SSSR count). The minimum Gasteiger partial charge on any atom is -0.384 e. The molecule has 1 aromatic heterocycles. The normalized spacial score (nSPS) is 11.6. The quantitative estimate of drug-likeness (QED) is 0.885. The fraction of sp³-hybridized carbons (Fsp3) is 0.353. The number of aryl methyl sites for hydroxylation is 1. The van der Waals surface area contributed by atoms with E-state index in [4.69, 9.17) is 5.73 Å². The van der Waals surface area contributed by atoms with Crippen LogP contribution in [0.5, 0.6) is 0 Å². The molecule has 0 unspecified atom stereocenters. The lowest BCUT2D eigenvalue weighted by Crippen LogP contribution is -2.14. The number of aromatic nitrogens is 1. The van der Waals surface area contributed by atoms with E-state index in [1.165, 1.54) is 11.1 Å². The molecule has 0 radical (unpaired) electrons. The highest BCUT2D eigenvalue weighted by atomic mass is 14.8. The zero-order valence-corrected chi connectivity index (χ0v) is 12.2. The SMILES string of the molecule is CCC(C)(C)c1ccc(-c2cnc(N)cc2C)cc1. The first-order chi connectivity index (χ1) is 8.94. The molecular formula is C17H22N2. The predicted molar refractivity (Wildman–Crippen MR) is 82.1 cm³/mol. The van der Waals surface area contributed by atoms with Crippen molar-refractivity contribution in [2.24, 2.45) is 0 Å². The van der Waals surface area contributed by atoms with Gasteiger partial charge in [0.1, 0.15) is 5.82 Å². The lowest BCUT2D eigenvalue weighted by Gasteiger charge is -2.23. The summed E-state index contributed by atoms with van der Waals surface area (Å²) in [4.78, 5) is 4.18. The second-order valence-corrected chi connectivity index (χ2v) is 5.74. The van der Waals surface area contributed by atoms with Crippen molar-refractivity contribution in [2.45, 2.75) is 39.5 Å². The first-order valence-electron chi connectivity index (χ1n) is 6.77. The van der Waals surface area contributed by atoms with E-state index < -0.39 is 0 Å². The number of anilines is 1. The summed E-state index contributed by atoms with van der Waals surface area (Å²) in [5, 5.41) is 0. The van der Waals surface area contributed by atoms with Gasteiger partial charge in [-0.15, -0.1) is 0 Å². The first kappa shape index (κ1) is 13.6. The Labute approximate surface area is 115 Å². The van der Waals surface area contributed by atoms with Gasteiger partial charge < -0.3 is 5.73 Å². The second kappa shape index (κ2) is 5.04. The van der Waals surface area contributed by atoms with Crippen molar-refractivity contribution in [3.8, 4) is 11.1 Å². The van der Waals surface area contributed by atoms with E-state index in [1.54, 1.807) is 0 Å². The van der Waals surface area contributed by atoms with Crippen molar-refractivity contribution < 1.29 is 0 Å². The smallest absolute Gasteiger partial charge is 0.123 e. The molecule has 2 nitrogen and oxygen atoms in total. The van der Waals surface area contributed by atoms with Gasteiger partial charge in [0.05, 0.1) is 0 Å².